The van der Waals surface area contributed by atoms with Gasteiger partial charge in [0.05, 0.1) is 16.5 Å². The average molecular weight is 372 g/mol. The van der Waals surface area contributed by atoms with Gasteiger partial charge in [-0.1, -0.05) is 13.0 Å². The topological polar surface area (TPSA) is 22.4 Å². The molecule has 0 bridgehead atoms. The summed E-state index contributed by atoms with van der Waals surface area (Å²) in [7, 11) is 0. The zero-order chi connectivity index (χ0) is 15.6. The lowest BCUT2D eigenvalue weighted by atomic mass is 10.0. The lowest BCUT2D eigenvalue weighted by molar-refractivity contribution is 0.315. The lowest BCUT2D eigenvalue weighted by Gasteiger charge is -2.13. The highest BCUT2D eigenvalue weighted by molar-refractivity contribution is 9.10. The summed E-state index contributed by atoms with van der Waals surface area (Å²) in [6, 6.07) is 5.99. The van der Waals surface area contributed by atoms with Crippen LogP contribution < -0.4 is 4.74 Å². The predicted molar refractivity (Wildman–Crippen MR) is 90.5 cm³/mol. The first kappa shape index (κ1) is 16.4. The van der Waals surface area contributed by atoms with E-state index in [1.165, 1.54) is 0 Å². The quantitative estimate of drug-likeness (QED) is 0.594. The highest BCUT2D eigenvalue weighted by atomic mass is 79.9. The minimum atomic E-state index is -0.223. The molecule has 2 aromatic rings. The van der Waals surface area contributed by atoms with Crippen LogP contribution in [0.3, 0.4) is 0 Å². The Morgan fingerprint density at radius 1 is 1.24 bits per heavy atom. The molecular weight excluding hydrogens is 352 g/mol. The predicted octanol–water partition coefficient (Wildman–Crippen LogP) is 6.08. The van der Waals surface area contributed by atoms with Gasteiger partial charge in [-0.25, -0.2) is 0 Å². The summed E-state index contributed by atoms with van der Waals surface area (Å²) in [5.74, 6) is 2.66. The van der Waals surface area contributed by atoms with Crippen molar-refractivity contribution < 1.29 is 9.15 Å². The lowest BCUT2D eigenvalue weighted by Crippen LogP contribution is -1.99. The standard InChI is InChI=1S/C17H20BrClO2/c1-5-8-20-15-7-6-13(9-14(15)18)17(19)16-10(2)11(3)21-12(16)4/h6-7,9,17H,5,8H2,1-4H3. The van der Waals surface area contributed by atoms with Crippen LogP contribution in [0.2, 0.25) is 0 Å². The van der Waals surface area contributed by atoms with Gasteiger partial charge < -0.3 is 9.15 Å². The Hall–Kier alpha value is -0.930. The first-order valence-electron chi connectivity index (χ1n) is 7.08. The number of hydrogen-bond donors (Lipinski definition) is 0. The van der Waals surface area contributed by atoms with Gasteiger partial charge in [0.1, 0.15) is 17.3 Å². The molecule has 0 saturated heterocycles. The van der Waals surface area contributed by atoms with Gasteiger partial charge in [0.2, 0.25) is 0 Å². The zero-order valence-electron chi connectivity index (χ0n) is 12.8. The molecule has 2 rings (SSSR count). The normalized spacial score (nSPS) is 12.5. The monoisotopic (exact) mass is 370 g/mol. The number of furan rings is 1. The van der Waals surface area contributed by atoms with E-state index >= 15 is 0 Å². The van der Waals surface area contributed by atoms with Crippen LogP contribution in [0.25, 0.3) is 0 Å². The second-order valence-corrected chi connectivity index (χ2v) is 6.44. The number of halogens is 2. The van der Waals surface area contributed by atoms with E-state index in [0.717, 1.165) is 44.9 Å². The smallest absolute Gasteiger partial charge is 0.133 e. The largest absolute Gasteiger partial charge is 0.492 e. The van der Waals surface area contributed by atoms with Gasteiger partial charge in [-0.3, -0.25) is 0 Å². The summed E-state index contributed by atoms with van der Waals surface area (Å²) in [4.78, 5) is 0. The Morgan fingerprint density at radius 2 is 1.95 bits per heavy atom. The van der Waals surface area contributed by atoms with Gasteiger partial charge >= 0.3 is 0 Å². The molecule has 0 aliphatic carbocycles. The van der Waals surface area contributed by atoms with Gasteiger partial charge in [-0.2, -0.15) is 0 Å². The Morgan fingerprint density at radius 3 is 2.48 bits per heavy atom. The highest BCUT2D eigenvalue weighted by Crippen LogP contribution is 2.38. The van der Waals surface area contributed by atoms with Crippen molar-refractivity contribution in [3.63, 3.8) is 0 Å². The first-order valence-corrected chi connectivity index (χ1v) is 8.31. The average Bonchev–Trinajstić information content (AvgIpc) is 2.70. The molecule has 1 aromatic carbocycles. The zero-order valence-corrected chi connectivity index (χ0v) is 15.1. The van der Waals surface area contributed by atoms with E-state index in [1.54, 1.807) is 0 Å². The van der Waals surface area contributed by atoms with Crippen LogP contribution in [0, 0.1) is 20.8 Å². The fourth-order valence-electron chi connectivity index (χ4n) is 2.35. The van der Waals surface area contributed by atoms with E-state index in [1.807, 2.05) is 39.0 Å². The van der Waals surface area contributed by atoms with E-state index in [9.17, 15) is 0 Å². The van der Waals surface area contributed by atoms with E-state index in [4.69, 9.17) is 20.8 Å². The molecule has 0 aliphatic heterocycles. The van der Waals surface area contributed by atoms with Crippen molar-refractivity contribution in [1.29, 1.82) is 0 Å². The van der Waals surface area contributed by atoms with Crippen LogP contribution in [-0.2, 0) is 0 Å². The summed E-state index contributed by atoms with van der Waals surface area (Å²) in [6.45, 7) is 8.76. The summed E-state index contributed by atoms with van der Waals surface area (Å²) < 4.78 is 12.3. The third kappa shape index (κ3) is 3.46. The Bertz CT molecular complexity index is 634. The molecule has 114 valence electrons. The van der Waals surface area contributed by atoms with Crippen molar-refractivity contribution in [2.75, 3.05) is 6.61 Å². The number of hydrogen-bond acceptors (Lipinski definition) is 2. The summed E-state index contributed by atoms with van der Waals surface area (Å²) in [5.41, 5.74) is 3.21. The molecular formula is C17H20BrClO2. The second-order valence-electron chi connectivity index (χ2n) is 5.15. The van der Waals surface area contributed by atoms with E-state index in [-0.39, 0.29) is 5.38 Å². The molecule has 2 nitrogen and oxygen atoms in total. The Labute approximate surface area is 139 Å². The molecule has 0 fully saturated rings. The highest BCUT2D eigenvalue weighted by Gasteiger charge is 2.21. The van der Waals surface area contributed by atoms with Crippen LogP contribution in [0.15, 0.2) is 27.1 Å². The molecule has 0 radical (unpaired) electrons. The molecule has 1 unspecified atom stereocenters. The van der Waals surface area contributed by atoms with Crippen molar-refractivity contribution in [1.82, 2.24) is 0 Å². The van der Waals surface area contributed by atoms with Gasteiger partial charge in [0, 0.05) is 5.56 Å². The minimum absolute atomic E-state index is 0.223. The van der Waals surface area contributed by atoms with Gasteiger partial charge in [0.25, 0.3) is 0 Å². The second kappa shape index (κ2) is 6.89. The molecule has 21 heavy (non-hydrogen) atoms. The molecule has 0 saturated carbocycles. The SMILES string of the molecule is CCCOc1ccc(C(Cl)c2c(C)oc(C)c2C)cc1Br. The van der Waals surface area contributed by atoms with Gasteiger partial charge in [0.15, 0.2) is 0 Å². The molecule has 4 heteroatoms. The van der Waals surface area contributed by atoms with Crippen LogP contribution in [0.5, 0.6) is 5.75 Å². The fraction of sp³-hybridized carbons (Fsp3) is 0.412. The van der Waals surface area contributed by atoms with Crippen LogP contribution >= 0.6 is 27.5 Å². The summed E-state index contributed by atoms with van der Waals surface area (Å²) >= 11 is 10.2. The Kier molecular flexibility index (Phi) is 5.39. The molecule has 1 atom stereocenters. The third-order valence-electron chi connectivity index (χ3n) is 3.58. The van der Waals surface area contributed by atoms with E-state index < -0.39 is 0 Å². The molecule has 1 aromatic heterocycles. The maximum absolute atomic E-state index is 6.66. The number of aryl methyl sites for hydroxylation is 2. The number of ether oxygens (including phenoxy) is 1. The van der Waals surface area contributed by atoms with Crippen LogP contribution in [-0.4, -0.2) is 6.61 Å². The van der Waals surface area contributed by atoms with E-state index in [0.29, 0.717) is 6.61 Å². The fourth-order valence-corrected chi connectivity index (χ4v) is 3.32. The summed E-state index contributed by atoms with van der Waals surface area (Å²) in [5, 5.41) is -0.223. The molecule has 0 N–H and O–H groups in total. The van der Waals surface area contributed by atoms with Crippen molar-refractivity contribution >= 4 is 27.5 Å². The van der Waals surface area contributed by atoms with Gasteiger partial charge in [-0.15, -0.1) is 11.6 Å². The minimum Gasteiger partial charge on any atom is -0.492 e. The molecule has 0 amide bonds. The maximum atomic E-state index is 6.66. The van der Waals surface area contributed by atoms with Crippen LogP contribution in [0.4, 0.5) is 0 Å². The van der Waals surface area contributed by atoms with Crippen molar-refractivity contribution in [3.05, 3.63) is 50.9 Å². The van der Waals surface area contributed by atoms with Crippen molar-refractivity contribution in [2.24, 2.45) is 0 Å². The number of benzene rings is 1. The third-order valence-corrected chi connectivity index (χ3v) is 4.67. The van der Waals surface area contributed by atoms with Crippen LogP contribution in [0.1, 0.15) is 46.9 Å². The first-order chi connectivity index (χ1) is 9.95. The van der Waals surface area contributed by atoms with E-state index in [2.05, 4.69) is 22.9 Å². The molecule has 0 spiro atoms. The maximum Gasteiger partial charge on any atom is 0.133 e. The Balaban J connectivity index is 2.31. The molecule has 0 aliphatic rings. The van der Waals surface area contributed by atoms with Gasteiger partial charge in [-0.05, 0) is 66.4 Å². The number of alkyl halides is 1. The van der Waals surface area contributed by atoms with Crippen molar-refractivity contribution in [3.8, 4) is 5.75 Å². The number of rotatable bonds is 5. The summed E-state index contributed by atoms with van der Waals surface area (Å²) in [6.07, 6.45) is 0.985. The molecule has 1 heterocycles. The van der Waals surface area contributed by atoms with Crippen molar-refractivity contribution in [2.45, 2.75) is 39.5 Å².